The van der Waals surface area contributed by atoms with Crippen LogP contribution in [-0.4, -0.2) is 25.3 Å². The van der Waals surface area contributed by atoms with Gasteiger partial charge in [0.05, 0.1) is 5.03 Å². The van der Waals surface area contributed by atoms with Crippen molar-refractivity contribution in [2.45, 2.75) is 6.92 Å². The molecule has 2 heteroatoms. The molecular formula is C6H13NS. The van der Waals surface area contributed by atoms with Crippen LogP contribution in [0.3, 0.4) is 0 Å². The van der Waals surface area contributed by atoms with Gasteiger partial charge < -0.3 is 4.90 Å². The van der Waals surface area contributed by atoms with Gasteiger partial charge in [-0.1, -0.05) is 6.08 Å². The summed E-state index contributed by atoms with van der Waals surface area (Å²) in [5.41, 5.74) is 0. The van der Waals surface area contributed by atoms with Crippen LogP contribution in [0.4, 0.5) is 0 Å². The second kappa shape index (κ2) is 3.84. The Bertz CT molecular complexity index is 86.5. The van der Waals surface area contributed by atoms with E-state index in [0.29, 0.717) is 0 Å². The number of thioether (sulfide) groups is 1. The third kappa shape index (κ3) is 2.26. The fourth-order valence-corrected chi connectivity index (χ4v) is 1.16. The van der Waals surface area contributed by atoms with Crippen LogP contribution in [0, 0.1) is 0 Å². The van der Waals surface area contributed by atoms with Crippen molar-refractivity contribution >= 4 is 11.8 Å². The van der Waals surface area contributed by atoms with Crippen molar-refractivity contribution in [3.8, 4) is 0 Å². The molecule has 0 amide bonds. The molecule has 48 valence electrons. The normalized spacial score (nSPS) is 11.8. The third-order valence-electron chi connectivity index (χ3n) is 0.897. The second-order valence-electron chi connectivity index (χ2n) is 1.73. The first-order valence-corrected chi connectivity index (χ1v) is 3.82. The summed E-state index contributed by atoms with van der Waals surface area (Å²) in [5.74, 6) is 0. The summed E-state index contributed by atoms with van der Waals surface area (Å²) in [6.45, 7) is 2.05. The highest BCUT2D eigenvalue weighted by Gasteiger charge is 1.91. The SMILES string of the molecule is CC=C(SC)N(C)C. The molecule has 0 radical (unpaired) electrons. The van der Waals surface area contributed by atoms with E-state index in [-0.39, 0.29) is 0 Å². The Morgan fingerprint density at radius 1 is 1.50 bits per heavy atom. The highest BCUT2D eigenvalue weighted by Crippen LogP contribution is 2.11. The molecule has 0 unspecified atom stereocenters. The second-order valence-corrected chi connectivity index (χ2v) is 2.55. The lowest BCUT2D eigenvalue weighted by molar-refractivity contribution is 0.549. The monoisotopic (exact) mass is 131 g/mol. The van der Waals surface area contributed by atoms with Crippen LogP contribution in [0.1, 0.15) is 6.92 Å². The maximum Gasteiger partial charge on any atom is 0.0656 e. The number of hydrogen-bond donors (Lipinski definition) is 0. The minimum absolute atomic E-state index is 1.31. The maximum absolute atomic E-state index is 2.10. The van der Waals surface area contributed by atoms with Crippen LogP contribution in [-0.2, 0) is 0 Å². The number of hydrogen-bond acceptors (Lipinski definition) is 2. The van der Waals surface area contributed by atoms with Crippen molar-refractivity contribution in [1.82, 2.24) is 4.90 Å². The van der Waals surface area contributed by atoms with Gasteiger partial charge in [-0.15, -0.1) is 11.8 Å². The molecule has 0 spiro atoms. The molecule has 8 heavy (non-hydrogen) atoms. The Balaban J connectivity index is 3.72. The Kier molecular flexibility index (Phi) is 3.79. The standard InChI is InChI=1S/C6H13NS/c1-5-6(8-4)7(2)3/h5H,1-4H3. The number of rotatable bonds is 2. The van der Waals surface area contributed by atoms with Gasteiger partial charge in [0.2, 0.25) is 0 Å². The summed E-state index contributed by atoms with van der Waals surface area (Å²) in [4.78, 5) is 2.10. The molecule has 0 aliphatic carbocycles. The molecule has 0 rings (SSSR count). The van der Waals surface area contributed by atoms with E-state index in [9.17, 15) is 0 Å². The van der Waals surface area contributed by atoms with Crippen LogP contribution in [0.25, 0.3) is 0 Å². The van der Waals surface area contributed by atoms with Gasteiger partial charge in [0.15, 0.2) is 0 Å². The van der Waals surface area contributed by atoms with E-state index in [2.05, 4.69) is 17.2 Å². The van der Waals surface area contributed by atoms with E-state index in [1.54, 1.807) is 11.8 Å². The van der Waals surface area contributed by atoms with Crippen molar-refractivity contribution in [2.24, 2.45) is 0 Å². The van der Waals surface area contributed by atoms with Crippen molar-refractivity contribution in [2.75, 3.05) is 20.4 Å². The zero-order valence-corrected chi connectivity index (χ0v) is 6.75. The van der Waals surface area contributed by atoms with Gasteiger partial charge in [-0.3, -0.25) is 0 Å². The van der Waals surface area contributed by atoms with Gasteiger partial charge in [0, 0.05) is 14.1 Å². The van der Waals surface area contributed by atoms with Crippen molar-refractivity contribution in [3.05, 3.63) is 11.1 Å². The number of allylic oxidation sites excluding steroid dienone is 1. The van der Waals surface area contributed by atoms with Crippen LogP contribution in [0.5, 0.6) is 0 Å². The quantitative estimate of drug-likeness (QED) is 0.562. The minimum atomic E-state index is 1.31. The molecule has 0 N–H and O–H groups in total. The van der Waals surface area contributed by atoms with Crippen molar-refractivity contribution in [1.29, 1.82) is 0 Å². The summed E-state index contributed by atoms with van der Waals surface area (Å²) in [6, 6.07) is 0. The predicted octanol–water partition coefficient (Wildman–Crippen LogP) is 1.77. The zero-order valence-electron chi connectivity index (χ0n) is 5.93. The van der Waals surface area contributed by atoms with Gasteiger partial charge in [-0.25, -0.2) is 0 Å². The minimum Gasteiger partial charge on any atom is -0.373 e. The van der Waals surface area contributed by atoms with E-state index in [1.165, 1.54) is 5.03 Å². The smallest absolute Gasteiger partial charge is 0.0656 e. The zero-order chi connectivity index (χ0) is 6.57. The van der Waals surface area contributed by atoms with Gasteiger partial charge in [-0.05, 0) is 13.2 Å². The molecule has 0 saturated heterocycles. The largest absolute Gasteiger partial charge is 0.373 e. The highest BCUT2D eigenvalue weighted by atomic mass is 32.2. The lowest BCUT2D eigenvalue weighted by Gasteiger charge is -2.12. The van der Waals surface area contributed by atoms with Crippen LogP contribution < -0.4 is 0 Å². The fraction of sp³-hybridized carbons (Fsp3) is 0.667. The molecule has 0 aliphatic rings. The average molecular weight is 131 g/mol. The molecule has 0 aromatic heterocycles. The predicted molar refractivity (Wildman–Crippen MR) is 41.0 cm³/mol. The van der Waals surface area contributed by atoms with Gasteiger partial charge in [0.25, 0.3) is 0 Å². The van der Waals surface area contributed by atoms with Crippen LogP contribution in [0.2, 0.25) is 0 Å². The summed E-state index contributed by atoms with van der Waals surface area (Å²) in [6.07, 6.45) is 4.18. The first kappa shape index (κ1) is 7.89. The lowest BCUT2D eigenvalue weighted by atomic mass is 10.6. The van der Waals surface area contributed by atoms with Gasteiger partial charge in [0.1, 0.15) is 0 Å². The Morgan fingerprint density at radius 3 is 2.00 bits per heavy atom. The maximum atomic E-state index is 2.10. The first-order chi connectivity index (χ1) is 3.72. The highest BCUT2D eigenvalue weighted by molar-refractivity contribution is 8.02. The summed E-state index contributed by atoms with van der Waals surface area (Å²) >= 11 is 1.77. The van der Waals surface area contributed by atoms with E-state index >= 15 is 0 Å². The van der Waals surface area contributed by atoms with E-state index in [1.807, 2.05) is 21.0 Å². The van der Waals surface area contributed by atoms with E-state index < -0.39 is 0 Å². The Hall–Kier alpha value is -0.110. The Labute approximate surface area is 55.8 Å². The van der Waals surface area contributed by atoms with Crippen molar-refractivity contribution < 1.29 is 0 Å². The molecule has 1 nitrogen and oxygen atoms in total. The molecule has 0 bridgehead atoms. The molecule has 0 atom stereocenters. The van der Waals surface area contributed by atoms with E-state index in [0.717, 1.165) is 0 Å². The van der Waals surface area contributed by atoms with Gasteiger partial charge >= 0.3 is 0 Å². The summed E-state index contributed by atoms with van der Waals surface area (Å²) in [7, 11) is 4.09. The summed E-state index contributed by atoms with van der Waals surface area (Å²) < 4.78 is 0. The van der Waals surface area contributed by atoms with Crippen LogP contribution in [0.15, 0.2) is 11.1 Å². The van der Waals surface area contributed by atoms with Gasteiger partial charge in [-0.2, -0.15) is 0 Å². The molecule has 0 aromatic rings. The Morgan fingerprint density at radius 2 is 2.00 bits per heavy atom. The molecule has 0 heterocycles. The number of nitrogens with zero attached hydrogens (tertiary/aromatic N) is 1. The molecule has 0 aliphatic heterocycles. The molecule has 0 saturated carbocycles. The molecule has 0 aromatic carbocycles. The van der Waals surface area contributed by atoms with Crippen LogP contribution >= 0.6 is 11.8 Å². The summed E-state index contributed by atoms with van der Waals surface area (Å²) in [5, 5.41) is 1.31. The average Bonchev–Trinajstić information content (AvgIpc) is 1.69. The lowest BCUT2D eigenvalue weighted by Crippen LogP contribution is -2.07. The molecular weight excluding hydrogens is 118 g/mol. The molecule has 0 fully saturated rings. The van der Waals surface area contributed by atoms with E-state index in [4.69, 9.17) is 0 Å². The third-order valence-corrected chi connectivity index (χ3v) is 1.92. The first-order valence-electron chi connectivity index (χ1n) is 2.60. The fourth-order valence-electron chi connectivity index (χ4n) is 0.559. The topological polar surface area (TPSA) is 3.24 Å². The van der Waals surface area contributed by atoms with Crippen molar-refractivity contribution in [3.63, 3.8) is 0 Å².